The molecule has 1 aliphatic rings. The molecule has 1 fully saturated rings. The Morgan fingerprint density at radius 3 is 2.17 bits per heavy atom. The van der Waals surface area contributed by atoms with Gasteiger partial charge in [-0.15, -0.1) is 0 Å². The molecule has 130 valence electrons. The summed E-state index contributed by atoms with van der Waals surface area (Å²) in [6.45, 7) is 9.55. The van der Waals surface area contributed by atoms with Gasteiger partial charge < -0.3 is 15.5 Å². The fraction of sp³-hybridized carbons (Fsp3) is 0.684. The molecule has 0 saturated carbocycles. The standard InChI is InChI=1S/C19H34N4/c1-5-23(6-2)18-9-7-16(8-10-18)19(15-20)22(4)17-11-13-21(3)14-12-17/h7-10,17,19H,5-6,11-15,20H2,1-4H3. The second-order valence-electron chi connectivity index (χ2n) is 6.72. The van der Waals surface area contributed by atoms with Gasteiger partial charge in [0, 0.05) is 37.4 Å². The summed E-state index contributed by atoms with van der Waals surface area (Å²) in [6, 6.07) is 9.96. The highest BCUT2D eigenvalue weighted by Crippen LogP contribution is 2.26. The van der Waals surface area contributed by atoms with E-state index in [2.05, 4.69) is 66.9 Å². The maximum absolute atomic E-state index is 6.13. The first kappa shape index (κ1) is 18.2. The molecule has 1 atom stereocenters. The Labute approximate surface area is 142 Å². The van der Waals surface area contributed by atoms with Crippen LogP contribution in [-0.2, 0) is 0 Å². The summed E-state index contributed by atoms with van der Waals surface area (Å²) in [5.41, 5.74) is 8.77. The SMILES string of the molecule is CCN(CC)c1ccc(C(CN)N(C)C2CCN(C)CC2)cc1. The third kappa shape index (κ3) is 4.46. The molecule has 1 aromatic rings. The lowest BCUT2D eigenvalue weighted by atomic mass is 9.98. The minimum atomic E-state index is 0.314. The molecule has 0 bridgehead atoms. The van der Waals surface area contributed by atoms with Crippen molar-refractivity contribution in [3.05, 3.63) is 29.8 Å². The minimum Gasteiger partial charge on any atom is -0.372 e. The molecule has 1 heterocycles. The normalized spacial score (nSPS) is 18.3. The van der Waals surface area contributed by atoms with Gasteiger partial charge in [-0.25, -0.2) is 0 Å². The number of hydrogen-bond acceptors (Lipinski definition) is 4. The number of nitrogens with zero attached hydrogens (tertiary/aromatic N) is 3. The summed E-state index contributed by atoms with van der Waals surface area (Å²) < 4.78 is 0. The van der Waals surface area contributed by atoms with Gasteiger partial charge >= 0.3 is 0 Å². The van der Waals surface area contributed by atoms with Crippen LogP contribution in [-0.4, -0.2) is 62.7 Å². The van der Waals surface area contributed by atoms with Gasteiger partial charge in [0.05, 0.1) is 0 Å². The third-order valence-electron chi connectivity index (χ3n) is 5.39. The topological polar surface area (TPSA) is 35.7 Å². The van der Waals surface area contributed by atoms with Crippen LogP contribution in [0.4, 0.5) is 5.69 Å². The van der Waals surface area contributed by atoms with Crippen molar-refractivity contribution >= 4 is 5.69 Å². The predicted octanol–water partition coefficient (Wildman–Crippen LogP) is 2.56. The lowest BCUT2D eigenvalue weighted by molar-refractivity contribution is 0.109. The zero-order valence-electron chi connectivity index (χ0n) is 15.3. The molecule has 1 saturated heterocycles. The summed E-state index contributed by atoms with van der Waals surface area (Å²) in [4.78, 5) is 7.29. The summed E-state index contributed by atoms with van der Waals surface area (Å²) in [6.07, 6.45) is 2.47. The second-order valence-corrected chi connectivity index (χ2v) is 6.72. The van der Waals surface area contributed by atoms with Gasteiger partial charge in [-0.2, -0.15) is 0 Å². The number of likely N-dealkylation sites (N-methyl/N-ethyl adjacent to an activating group) is 1. The number of nitrogens with two attached hydrogens (primary N) is 1. The quantitative estimate of drug-likeness (QED) is 0.838. The number of anilines is 1. The van der Waals surface area contributed by atoms with Crippen LogP contribution < -0.4 is 10.6 Å². The van der Waals surface area contributed by atoms with Gasteiger partial charge in [0.25, 0.3) is 0 Å². The van der Waals surface area contributed by atoms with E-state index in [1.165, 1.54) is 37.2 Å². The highest BCUT2D eigenvalue weighted by atomic mass is 15.2. The Morgan fingerprint density at radius 2 is 1.70 bits per heavy atom. The zero-order chi connectivity index (χ0) is 16.8. The van der Waals surface area contributed by atoms with Crippen LogP contribution in [0, 0.1) is 0 Å². The van der Waals surface area contributed by atoms with Gasteiger partial charge in [-0.1, -0.05) is 12.1 Å². The van der Waals surface area contributed by atoms with Gasteiger partial charge in [-0.3, -0.25) is 4.90 Å². The summed E-state index contributed by atoms with van der Waals surface area (Å²) in [5, 5.41) is 0. The van der Waals surface area contributed by atoms with Gasteiger partial charge in [0.2, 0.25) is 0 Å². The van der Waals surface area contributed by atoms with Crippen LogP contribution >= 0.6 is 0 Å². The van der Waals surface area contributed by atoms with Crippen LogP contribution in [0.25, 0.3) is 0 Å². The molecule has 4 nitrogen and oxygen atoms in total. The third-order valence-corrected chi connectivity index (χ3v) is 5.39. The number of hydrogen-bond donors (Lipinski definition) is 1. The van der Waals surface area contributed by atoms with Gasteiger partial charge in [-0.05, 0) is 71.6 Å². The van der Waals surface area contributed by atoms with Crippen molar-refractivity contribution < 1.29 is 0 Å². The molecule has 0 spiro atoms. The molecule has 4 heteroatoms. The van der Waals surface area contributed by atoms with Crippen LogP contribution in [0.5, 0.6) is 0 Å². The molecule has 2 rings (SSSR count). The van der Waals surface area contributed by atoms with Gasteiger partial charge in [0.1, 0.15) is 0 Å². The molecule has 1 aromatic carbocycles. The van der Waals surface area contributed by atoms with Crippen molar-refractivity contribution in [2.75, 3.05) is 51.7 Å². The number of rotatable bonds is 7. The molecular weight excluding hydrogens is 284 g/mol. The number of piperidine rings is 1. The van der Waals surface area contributed by atoms with E-state index < -0.39 is 0 Å². The average Bonchev–Trinajstić information content (AvgIpc) is 2.58. The Morgan fingerprint density at radius 1 is 1.13 bits per heavy atom. The molecular formula is C19H34N4. The molecule has 23 heavy (non-hydrogen) atoms. The van der Waals surface area contributed by atoms with Crippen LogP contribution in [0.3, 0.4) is 0 Å². The van der Waals surface area contributed by atoms with E-state index in [9.17, 15) is 0 Å². The van der Waals surface area contributed by atoms with E-state index >= 15 is 0 Å². The van der Waals surface area contributed by atoms with Gasteiger partial charge in [0.15, 0.2) is 0 Å². The van der Waals surface area contributed by atoms with E-state index in [0.717, 1.165) is 13.1 Å². The maximum atomic E-state index is 6.13. The minimum absolute atomic E-state index is 0.314. The van der Waals surface area contributed by atoms with E-state index in [1.807, 2.05) is 0 Å². The smallest absolute Gasteiger partial charge is 0.0470 e. The zero-order valence-corrected chi connectivity index (χ0v) is 15.3. The molecule has 1 unspecified atom stereocenters. The fourth-order valence-electron chi connectivity index (χ4n) is 3.69. The summed E-state index contributed by atoms with van der Waals surface area (Å²) in [5.74, 6) is 0. The molecule has 0 aliphatic carbocycles. The first-order valence-corrected chi connectivity index (χ1v) is 9.06. The van der Waals surface area contributed by atoms with E-state index in [0.29, 0.717) is 18.6 Å². The first-order chi connectivity index (χ1) is 11.1. The number of likely N-dealkylation sites (tertiary alicyclic amines) is 1. The highest BCUT2D eigenvalue weighted by Gasteiger charge is 2.26. The predicted molar refractivity (Wildman–Crippen MR) is 100 cm³/mol. The second kappa shape index (κ2) is 8.67. The fourth-order valence-corrected chi connectivity index (χ4v) is 3.69. The van der Waals surface area contributed by atoms with Crippen molar-refractivity contribution in [1.82, 2.24) is 9.80 Å². The lowest BCUT2D eigenvalue weighted by Crippen LogP contribution is -2.45. The monoisotopic (exact) mass is 318 g/mol. The Balaban J connectivity index is 2.07. The lowest BCUT2D eigenvalue weighted by Gasteiger charge is -2.39. The van der Waals surface area contributed by atoms with Crippen molar-refractivity contribution in [3.63, 3.8) is 0 Å². The van der Waals surface area contributed by atoms with Crippen molar-refractivity contribution in [2.24, 2.45) is 5.73 Å². The first-order valence-electron chi connectivity index (χ1n) is 9.06. The Bertz CT molecular complexity index is 447. The van der Waals surface area contributed by atoms with Crippen molar-refractivity contribution in [2.45, 2.75) is 38.8 Å². The largest absolute Gasteiger partial charge is 0.372 e. The maximum Gasteiger partial charge on any atom is 0.0470 e. The van der Waals surface area contributed by atoms with Crippen LogP contribution in [0.2, 0.25) is 0 Å². The Kier molecular flexibility index (Phi) is 6.88. The average molecular weight is 319 g/mol. The molecule has 2 N–H and O–H groups in total. The van der Waals surface area contributed by atoms with Crippen molar-refractivity contribution in [3.8, 4) is 0 Å². The summed E-state index contributed by atoms with van der Waals surface area (Å²) >= 11 is 0. The number of benzene rings is 1. The highest BCUT2D eigenvalue weighted by molar-refractivity contribution is 5.47. The molecule has 1 aliphatic heterocycles. The van der Waals surface area contributed by atoms with Crippen LogP contribution in [0.15, 0.2) is 24.3 Å². The van der Waals surface area contributed by atoms with Crippen molar-refractivity contribution in [1.29, 1.82) is 0 Å². The Hall–Kier alpha value is -1.10. The van der Waals surface area contributed by atoms with E-state index in [4.69, 9.17) is 5.73 Å². The van der Waals surface area contributed by atoms with E-state index in [1.54, 1.807) is 0 Å². The molecule has 0 radical (unpaired) electrons. The van der Waals surface area contributed by atoms with E-state index in [-0.39, 0.29) is 0 Å². The summed E-state index contributed by atoms with van der Waals surface area (Å²) in [7, 11) is 4.45. The molecule has 0 amide bonds. The molecule has 0 aromatic heterocycles. The van der Waals surface area contributed by atoms with Crippen LogP contribution in [0.1, 0.15) is 38.3 Å².